The normalized spacial score (nSPS) is 10.7. The van der Waals surface area contributed by atoms with Gasteiger partial charge in [-0.05, 0) is 24.1 Å². The van der Waals surface area contributed by atoms with E-state index in [0.717, 1.165) is 5.56 Å². The van der Waals surface area contributed by atoms with Crippen LogP contribution < -0.4 is 5.32 Å². The highest BCUT2D eigenvalue weighted by Crippen LogP contribution is 2.12. The van der Waals surface area contributed by atoms with Gasteiger partial charge in [0.1, 0.15) is 0 Å². The average Bonchev–Trinajstić information content (AvgIpc) is 2.50. The van der Waals surface area contributed by atoms with Gasteiger partial charge in [0, 0.05) is 32.0 Å². The third-order valence-corrected chi connectivity index (χ3v) is 3.46. The minimum Gasteiger partial charge on any atom is -0.356 e. The van der Waals surface area contributed by atoms with Gasteiger partial charge >= 0.3 is 0 Å². The molecule has 0 bridgehead atoms. The summed E-state index contributed by atoms with van der Waals surface area (Å²) in [7, 11) is 1.76. The Labute approximate surface area is 138 Å². The molecule has 0 aliphatic heterocycles. The topological polar surface area (TPSA) is 73.2 Å². The van der Waals surface area contributed by atoms with E-state index >= 15 is 0 Å². The Balaban J connectivity index is 2.34. The van der Waals surface area contributed by atoms with Crippen molar-refractivity contribution in [3.05, 3.63) is 35.4 Å². The van der Waals surface area contributed by atoms with Crippen LogP contribution in [0.3, 0.4) is 0 Å². The third-order valence-electron chi connectivity index (χ3n) is 3.46. The number of benzene rings is 1. The van der Waals surface area contributed by atoms with E-state index in [9.17, 15) is 9.59 Å². The number of nitriles is 1. The van der Waals surface area contributed by atoms with Gasteiger partial charge in [0.05, 0.1) is 11.6 Å². The molecule has 1 rings (SSSR count). The monoisotopic (exact) mass is 315 g/mol. The summed E-state index contributed by atoms with van der Waals surface area (Å²) in [6.45, 7) is 6.60. The molecule has 0 aromatic heterocycles. The van der Waals surface area contributed by atoms with Crippen LogP contribution in [0.1, 0.15) is 44.7 Å². The Morgan fingerprint density at radius 3 is 2.35 bits per heavy atom. The van der Waals surface area contributed by atoms with Gasteiger partial charge < -0.3 is 10.2 Å². The molecular formula is C18H25N3O2. The molecule has 1 aromatic carbocycles. The number of amides is 2. The first-order chi connectivity index (χ1) is 10.7. The lowest BCUT2D eigenvalue weighted by atomic mass is 9.96. The standard InChI is InChI=1S/C18H25N3O2/c1-18(2,3)17(23)20-11-5-6-16(22)21(4)13-15-9-7-14(12-19)8-10-15/h7-10H,5-6,11,13H2,1-4H3,(H,20,23). The molecular weight excluding hydrogens is 290 g/mol. The van der Waals surface area contributed by atoms with Gasteiger partial charge in [-0.1, -0.05) is 32.9 Å². The van der Waals surface area contributed by atoms with Gasteiger partial charge in [-0.25, -0.2) is 0 Å². The summed E-state index contributed by atoms with van der Waals surface area (Å²) in [5.74, 6) is 0.0373. The molecule has 0 spiro atoms. The molecule has 0 aliphatic carbocycles. The number of carbonyl (C=O) groups excluding carboxylic acids is 2. The minimum absolute atomic E-state index is 0.00381. The molecule has 0 atom stereocenters. The molecule has 5 heteroatoms. The highest BCUT2D eigenvalue weighted by atomic mass is 16.2. The third kappa shape index (κ3) is 6.52. The quantitative estimate of drug-likeness (QED) is 0.820. The molecule has 0 saturated carbocycles. The zero-order valence-corrected chi connectivity index (χ0v) is 14.3. The fraction of sp³-hybridized carbons (Fsp3) is 0.500. The predicted molar refractivity (Wildman–Crippen MR) is 89.3 cm³/mol. The predicted octanol–water partition coefficient (Wildman–Crippen LogP) is 2.46. The maximum absolute atomic E-state index is 12.1. The van der Waals surface area contributed by atoms with Crippen LogP contribution in [0, 0.1) is 16.7 Å². The first-order valence-corrected chi connectivity index (χ1v) is 7.75. The highest BCUT2D eigenvalue weighted by molar-refractivity contribution is 5.81. The average molecular weight is 315 g/mol. The van der Waals surface area contributed by atoms with E-state index in [2.05, 4.69) is 11.4 Å². The van der Waals surface area contributed by atoms with Crippen molar-refractivity contribution in [1.29, 1.82) is 5.26 Å². The lowest BCUT2D eigenvalue weighted by Gasteiger charge is -2.19. The summed E-state index contributed by atoms with van der Waals surface area (Å²) >= 11 is 0. The van der Waals surface area contributed by atoms with Crippen LogP contribution >= 0.6 is 0 Å². The molecule has 124 valence electrons. The summed E-state index contributed by atoms with van der Waals surface area (Å²) in [6, 6.07) is 9.27. The minimum atomic E-state index is -0.406. The SMILES string of the molecule is CN(Cc1ccc(C#N)cc1)C(=O)CCCNC(=O)C(C)(C)C. The Kier molecular flexibility index (Phi) is 6.77. The van der Waals surface area contributed by atoms with Crippen LogP contribution in [0.15, 0.2) is 24.3 Å². The van der Waals surface area contributed by atoms with Crippen LogP contribution in [0.2, 0.25) is 0 Å². The van der Waals surface area contributed by atoms with Gasteiger partial charge in [-0.3, -0.25) is 9.59 Å². The van der Waals surface area contributed by atoms with Crippen molar-refractivity contribution in [3.63, 3.8) is 0 Å². The Bertz CT molecular complexity index is 580. The fourth-order valence-corrected chi connectivity index (χ4v) is 1.94. The number of nitrogens with zero attached hydrogens (tertiary/aromatic N) is 2. The summed E-state index contributed by atoms with van der Waals surface area (Å²) in [5, 5.41) is 11.6. The lowest BCUT2D eigenvalue weighted by Crippen LogP contribution is -2.35. The van der Waals surface area contributed by atoms with E-state index < -0.39 is 5.41 Å². The zero-order valence-electron chi connectivity index (χ0n) is 14.3. The molecule has 0 aliphatic rings. The van der Waals surface area contributed by atoms with Crippen molar-refractivity contribution in [2.75, 3.05) is 13.6 Å². The molecule has 0 heterocycles. The summed E-state index contributed by atoms with van der Waals surface area (Å²) in [5.41, 5.74) is 1.19. The lowest BCUT2D eigenvalue weighted by molar-refractivity contribution is -0.131. The molecule has 0 fully saturated rings. The van der Waals surface area contributed by atoms with Gasteiger partial charge in [0.25, 0.3) is 0 Å². The van der Waals surface area contributed by atoms with Crippen molar-refractivity contribution in [2.45, 2.75) is 40.2 Å². The number of carbonyl (C=O) groups is 2. The largest absolute Gasteiger partial charge is 0.356 e. The Morgan fingerprint density at radius 2 is 1.83 bits per heavy atom. The molecule has 5 nitrogen and oxygen atoms in total. The van der Waals surface area contributed by atoms with Crippen molar-refractivity contribution in [3.8, 4) is 6.07 Å². The Hall–Kier alpha value is -2.35. The molecule has 1 aromatic rings. The van der Waals surface area contributed by atoms with Crippen LogP contribution in [0.25, 0.3) is 0 Å². The van der Waals surface area contributed by atoms with Crippen molar-refractivity contribution >= 4 is 11.8 Å². The summed E-state index contributed by atoms with van der Waals surface area (Å²) < 4.78 is 0. The number of hydrogen-bond donors (Lipinski definition) is 1. The first kappa shape index (κ1) is 18.7. The van der Waals surface area contributed by atoms with Crippen LogP contribution in [0.4, 0.5) is 0 Å². The van der Waals surface area contributed by atoms with Crippen LogP contribution in [0.5, 0.6) is 0 Å². The molecule has 0 radical (unpaired) electrons. The van der Waals surface area contributed by atoms with E-state index in [-0.39, 0.29) is 11.8 Å². The van der Waals surface area contributed by atoms with Gasteiger partial charge in [0.2, 0.25) is 11.8 Å². The van der Waals surface area contributed by atoms with E-state index in [4.69, 9.17) is 5.26 Å². The number of rotatable bonds is 6. The molecule has 0 saturated heterocycles. The van der Waals surface area contributed by atoms with Crippen LogP contribution in [-0.4, -0.2) is 30.3 Å². The fourth-order valence-electron chi connectivity index (χ4n) is 1.94. The van der Waals surface area contributed by atoms with E-state index in [0.29, 0.717) is 31.5 Å². The summed E-state index contributed by atoms with van der Waals surface area (Å²) in [4.78, 5) is 25.4. The number of nitrogens with one attached hydrogen (secondary N) is 1. The van der Waals surface area contributed by atoms with E-state index in [1.165, 1.54) is 0 Å². The first-order valence-electron chi connectivity index (χ1n) is 7.75. The zero-order chi connectivity index (χ0) is 17.5. The second-order valence-corrected chi connectivity index (χ2v) is 6.67. The van der Waals surface area contributed by atoms with Gasteiger partial charge in [-0.15, -0.1) is 0 Å². The molecule has 0 unspecified atom stereocenters. The molecule has 23 heavy (non-hydrogen) atoms. The van der Waals surface area contributed by atoms with E-state index in [1.54, 1.807) is 24.1 Å². The van der Waals surface area contributed by atoms with Crippen molar-refractivity contribution < 1.29 is 9.59 Å². The molecule has 1 N–H and O–H groups in total. The van der Waals surface area contributed by atoms with Crippen molar-refractivity contribution in [2.24, 2.45) is 5.41 Å². The van der Waals surface area contributed by atoms with Gasteiger partial charge in [0.15, 0.2) is 0 Å². The second-order valence-electron chi connectivity index (χ2n) is 6.67. The van der Waals surface area contributed by atoms with E-state index in [1.807, 2.05) is 32.9 Å². The van der Waals surface area contributed by atoms with Crippen LogP contribution in [-0.2, 0) is 16.1 Å². The smallest absolute Gasteiger partial charge is 0.225 e. The van der Waals surface area contributed by atoms with Crippen molar-refractivity contribution in [1.82, 2.24) is 10.2 Å². The van der Waals surface area contributed by atoms with Gasteiger partial charge in [-0.2, -0.15) is 5.26 Å². The second kappa shape index (κ2) is 8.33. The molecule has 2 amide bonds. The summed E-state index contributed by atoms with van der Waals surface area (Å²) in [6.07, 6.45) is 1.02. The maximum atomic E-state index is 12.1. The number of hydrogen-bond acceptors (Lipinski definition) is 3. The highest BCUT2D eigenvalue weighted by Gasteiger charge is 2.20. The Morgan fingerprint density at radius 1 is 1.22 bits per heavy atom. The maximum Gasteiger partial charge on any atom is 0.225 e.